The highest BCUT2D eigenvalue weighted by Gasteiger charge is 2.22. The monoisotopic (exact) mass is 565 g/mol. The van der Waals surface area contributed by atoms with Crippen LogP contribution in [0.15, 0.2) is 72.8 Å². The van der Waals surface area contributed by atoms with Crippen LogP contribution in [0.5, 0.6) is 0 Å². The largest absolute Gasteiger partial charge is 0.369 e. The Bertz CT molecular complexity index is 1630. The van der Waals surface area contributed by atoms with Crippen LogP contribution in [0.1, 0.15) is 36.0 Å². The van der Waals surface area contributed by atoms with Gasteiger partial charge in [-0.05, 0) is 72.5 Å². The predicted octanol–water partition coefficient (Wildman–Crippen LogP) is 5.20. The summed E-state index contributed by atoms with van der Waals surface area (Å²) in [6, 6.07) is 23.1. The van der Waals surface area contributed by atoms with Gasteiger partial charge in [0, 0.05) is 49.5 Å². The Hall–Kier alpha value is -4.15. The van der Waals surface area contributed by atoms with E-state index in [9.17, 15) is 4.79 Å². The maximum Gasteiger partial charge on any atom is 0.365 e. The van der Waals surface area contributed by atoms with Gasteiger partial charge < -0.3 is 9.74 Å². The SMILES string of the molecule is O=C(On1nnc2ccccc21)c1ccc(-c2nnc(-c3ccc(N4CCN(CC5CCCC5)CC4)cc3)s2)cc1. The molecule has 1 aliphatic heterocycles. The normalized spacial score (nSPS) is 16.4. The van der Waals surface area contributed by atoms with E-state index in [1.807, 2.05) is 30.3 Å². The molecule has 0 amide bonds. The minimum Gasteiger partial charge on any atom is -0.369 e. The number of para-hydroxylation sites is 1. The lowest BCUT2D eigenvalue weighted by Gasteiger charge is -2.37. The predicted molar refractivity (Wildman–Crippen MR) is 160 cm³/mol. The standard InChI is InChI=1S/C31H31N7O2S/c39-31(40-38-28-8-4-3-7-27(28)32-35-38)25-11-9-23(10-12-25)29-33-34-30(41-29)24-13-15-26(16-14-24)37-19-17-36(18-20-37)21-22-5-1-2-6-22/h3-4,7-16,22H,1-2,5-6,17-21H2. The maximum atomic E-state index is 12.7. The third kappa shape index (κ3) is 5.57. The van der Waals surface area contributed by atoms with Crippen molar-refractivity contribution in [1.29, 1.82) is 0 Å². The quantitative estimate of drug-likeness (QED) is 0.249. The Labute approximate surface area is 242 Å². The smallest absolute Gasteiger partial charge is 0.365 e. The summed E-state index contributed by atoms with van der Waals surface area (Å²) in [5.41, 5.74) is 4.91. The van der Waals surface area contributed by atoms with Gasteiger partial charge in [-0.15, -0.1) is 15.3 Å². The van der Waals surface area contributed by atoms with E-state index in [1.165, 1.54) is 49.3 Å². The number of fused-ring (bicyclic) bond motifs is 1. The van der Waals surface area contributed by atoms with Crippen LogP contribution in [0.2, 0.25) is 0 Å². The summed E-state index contributed by atoms with van der Waals surface area (Å²) >= 11 is 1.53. The fourth-order valence-electron chi connectivity index (χ4n) is 5.81. The van der Waals surface area contributed by atoms with Crippen molar-refractivity contribution in [2.75, 3.05) is 37.6 Å². The van der Waals surface area contributed by atoms with Crippen LogP contribution >= 0.6 is 11.3 Å². The number of carbonyl (C=O) groups excluding carboxylic acids is 1. The topological polar surface area (TPSA) is 89.3 Å². The summed E-state index contributed by atoms with van der Waals surface area (Å²) in [5, 5.41) is 18.4. The van der Waals surface area contributed by atoms with E-state index in [2.05, 4.69) is 54.6 Å². The molecule has 0 unspecified atom stereocenters. The molecule has 1 saturated heterocycles. The van der Waals surface area contributed by atoms with Crippen molar-refractivity contribution in [2.45, 2.75) is 25.7 Å². The van der Waals surface area contributed by atoms with Crippen molar-refractivity contribution < 1.29 is 9.63 Å². The molecule has 9 nitrogen and oxygen atoms in total. The fraction of sp³-hybridized carbons (Fsp3) is 0.323. The molecule has 0 N–H and O–H groups in total. The molecule has 5 aromatic rings. The van der Waals surface area contributed by atoms with E-state index in [-0.39, 0.29) is 0 Å². The first-order chi connectivity index (χ1) is 20.2. The van der Waals surface area contributed by atoms with Gasteiger partial charge in [-0.1, -0.05) is 53.3 Å². The van der Waals surface area contributed by atoms with Gasteiger partial charge in [0.2, 0.25) is 0 Å². The molecule has 41 heavy (non-hydrogen) atoms. The maximum absolute atomic E-state index is 12.7. The molecular formula is C31H31N7O2S. The second-order valence-corrected chi connectivity index (χ2v) is 11.8. The van der Waals surface area contributed by atoms with Gasteiger partial charge in [0.25, 0.3) is 0 Å². The van der Waals surface area contributed by atoms with Crippen LogP contribution in [0.25, 0.3) is 32.2 Å². The van der Waals surface area contributed by atoms with Crippen molar-refractivity contribution >= 4 is 34.0 Å². The first-order valence-corrected chi connectivity index (χ1v) is 15.1. The number of benzene rings is 3. The molecule has 2 aliphatic rings. The molecule has 0 atom stereocenters. The van der Waals surface area contributed by atoms with Gasteiger partial charge in [-0.25, -0.2) is 4.79 Å². The third-order valence-corrected chi connectivity index (χ3v) is 9.15. The van der Waals surface area contributed by atoms with Crippen LogP contribution in [-0.2, 0) is 0 Å². The van der Waals surface area contributed by atoms with Gasteiger partial charge in [-0.3, -0.25) is 4.90 Å². The van der Waals surface area contributed by atoms with Crippen LogP contribution in [0.4, 0.5) is 5.69 Å². The van der Waals surface area contributed by atoms with E-state index in [1.54, 1.807) is 18.2 Å². The molecule has 1 saturated carbocycles. The first-order valence-electron chi connectivity index (χ1n) is 14.2. The lowest BCUT2D eigenvalue weighted by atomic mass is 10.1. The summed E-state index contributed by atoms with van der Waals surface area (Å²) in [5.74, 6) is 0.402. The molecule has 10 heteroatoms. The first kappa shape index (κ1) is 25.8. The number of hydrogen-bond donors (Lipinski definition) is 0. The third-order valence-electron chi connectivity index (χ3n) is 8.13. The van der Waals surface area contributed by atoms with E-state index in [0.717, 1.165) is 58.1 Å². The molecule has 1 aliphatic carbocycles. The van der Waals surface area contributed by atoms with E-state index in [0.29, 0.717) is 16.6 Å². The van der Waals surface area contributed by atoms with E-state index < -0.39 is 5.97 Å². The van der Waals surface area contributed by atoms with Gasteiger partial charge in [0.15, 0.2) is 0 Å². The van der Waals surface area contributed by atoms with Gasteiger partial charge in [0.1, 0.15) is 21.0 Å². The van der Waals surface area contributed by atoms with Crippen molar-refractivity contribution in [1.82, 2.24) is 30.3 Å². The summed E-state index contributed by atoms with van der Waals surface area (Å²) in [6.07, 6.45) is 5.66. The highest BCUT2D eigenvalue weighted by atomic mass is 32.1. The van der Waals surface area contributed by atoms with Crippen LogP contribution in [0.3, 0.4) is 0 Å². The van der Waals surface area contributed by atoms with Crippen LogP contribution in [-0.4, -0.2) is 68.9 Å². The van der Waals surface area contributed by atoms with E-state index >= 15 is 0 Å². The average molecular weight is 566 g/mol. The highest BCUT2D eigenvalue weighted by molar-refractivity contribution is 7.17. The Kier molecular flexibility index (Phi) is 7.16. The highest BCUT2D eigenvalue weighted by Crippen LogP contribution is 2.32. The lowest BCUT2D eigenvalue weighted by Crippen LogP contribution is -2.47. The number of nitrogens with zero attached hydrogens (tertiary/aromatic N) is 7. The summed E-state index contributed by atoms with van der Waals surface area (Å²) in [6.45, 7) is 5.72. The molecule has 0 spiro atoms. The Balaban J connectivity index is 0.966. The minimum absolute atomic E-state index is 0.410. The molecule has 3 heterocycles. The Morgan fingerprint density at radius 3 is 2.17 bits per heavy atom. The number of rotatable bonds is 7. The molecular weight excluding hydrogens is 534 g/mol. The Morgan fingerprint density at radius 1 is 0.805 bits per heavy atom. The molecule has 2 aromatic heterocycles. The number of carbonyl (C=O) groups is 1. The minimum atomic E-state index is -0.513. The van der Waals surface area contributed by atoms with Gasteiger partial charge in [-0.2, -0.15) is 0 Å². The zero-order valence-corrected chi connectivity index (χ0v) is 23.5. The average Bonchev–Trinajstić information content (AvgIpc) is 3.80. The van der Waals surface area contributed by atoms with Crippen LogP contribution < -0.4 is 9.74 Å². The lowest BCUT2D eigenvalue weighted by molar-refractivity contribution is 0.0409. The zero-order chi connectivity index (χ0) is 27.6. The van der Waals surface area contributed by atoms with Crippen molar-refractivity contribution in [3.63, 3.8) is 0 Å². The molecule has 3 aromatic carbocycles. The zero-order valence-electron chi connectivity index (χ0n) is 22.7. The summed E-state index contributed by atoms with van der Waals surface area (Å²) in [7, 11) is 0. The number of hydrogen-bond acceptors (Lipinski definition) is 9. The Morgan fingerprint density at radius 2 is 1.46 bits per heavy atom. The molecule has 2 fully saturated rings. The summed E-state index contributed by atoms with van der Waals surface area (Å²) < 4.78 is 0. The number of anilines is 1. The van der Waals surface area contributed by atoms with Gasteiger partial charge in [0.05, 0.1) is 5.56 Å². The fourth-order valence-corrected chi connectivity index (χ4v) is 6.67. The van der Waals surface area contributed by atoms with Gasteiger partial charge >= 0.3 is 5.97 Å². The van der Waals surface area contributed by atoms with E-state index in [4.69, 9.17) is 4.84 Å². The van der Waals surface area contributed by atoms with Crippen LogP contribution in [0, 0.1) is 5.92 Å². The number of aromatic nitrogens is 5. The van der Waals surface area contributed by atoms with Crippen molar-refractivity contribution in [3.8, 4) is 21.1 Å². The second-order valence-electron chi connectivity index (χ2n) is 10.8. The molecule has 7 rings (SSSR count). The van der Waals surface area contributed by atoms with Crippen molar-refractivity contribution in [3.05, 3.63) is 78.4 Å². The van der Waals surface area contributed by atoms with Crippen molar-refractivity contribution in [2.24, 2.45) is 5.92 Å². The second kappa shape index (κ2) is 11.4. The molecule has 208 valence electrons. The summed E-state index contributed by atoms with van der Waals surface area (Å²) in [4.78, 5) is 24.4. The number of piperazine rings is 1. The molecule has 0 bridgehead atoms. The molecule has 0 radical (unpaired) electrons.